The molecule has 0 radical (unpaired) electrons. The fourth-order valence-electron chi connectivity index (χ4n) is 3.34. The van der Waals surface area contributed by atoms with E-state index in [2.05, 4.69) is 45.6 Å². The van der Waals surface area contributed by atoms with Crippen LogP contribution in [0.25, 0.3) is 10.8 Å². The zero-order chi connectivity index (χ0) is 18.6. The van der Waals surface area contributed by atoms with Gasteiger partial charge >= 0.3 is 0 Å². The van der Waals surface area contributed by atoms with Gasteiger partial charge in [-0.25, -0.2) is 16.3 Å². The molecule has 1 aliphatic rings. The summed E-state index contributed by atoms with van der Waals surface area (Å²) in [5, 5.41) is 15.8. The molecule has 6 nitrogen and oxygen atoms in total. The number of aromatic hydroxyl groups is 1. The smallest absolute Gasteiger partial charge is 0.258 e. The Morgan fingerprint density at radius 1 is 1.07 bits per heavy atom. The molecule has 2 atom stereocenters. The molecule has 3 aromatic carbocycles. The highest BCUT2D eigenvalue weighted by atomic mass is 16.3. The highest BCUT2D eigenvalue weighted by Crippen LogP contribution is 2.29. The van der Waals surface area contributed by atoms with Gasteiger partial charge in [-0.3, -0.25) is 4.79 Å². The van der Waals surface area contributed by atoms with Gasteiger partial charge in [0.1, 0.15) is 11.8 Å². The van der Waals surface area contributed by atoms with E-state index in [1.807, 2.05) is 18.2 Å². The second-order valence-electron chi connectivity index (χ2n) is 6.53. The van der Waals surface area contributed by atoms with Gasteiger partial charge in [0.25, 0.3) is 5.91 Å². The minimum absolute atomic E-state index is 0.0434. The highest BCUT2D eigenvalue weighted by Gasteiger charge is 2.30. The molecule has 1 saturated heterocycles. The predicted molar refractivity (Wildman–Crippen MR) is 105 cm³/mol. The third kappa shape index (κ3) is 3.81. The van der Waals surface area contributed by atoms with Crippen LogP contribution in [0.3, 0.4) is 0 Å². The largest absolute Gasteiger partial charge is 0.508 e. The number of fused-ring (bicyclic) bond motifs is 1. The average Bonchev–Trinajstić information content (AvgIpc) is 3.18. The maximum atomic E-state index is 12.4. The number of benzene rings is 3. The maximum Gasteiger partial charge on any atom is 0.258 e. The number of amides is 1. The molecule has 0 spiro atoms. The lowest BCUT2D eigenvalue weighted by molar-refractivity contribution is -0.122. The molecule has 0 saturated carbocycles. The summed E-state index contributed by atoms with van der Waals surface area (Å²) in [6, 6.07) is 20.8. The van der Waals surface area contributed by atoms with E-state index in [4.69, 9.17) is 0 Å². The minimum atomic E-state index is -0.379. The number of carbonyl (C=O) groups excluding carboxylic acids is 1. The second-order valence-corrected chi connectivity index (χ2v) is 6.53. The zero-order valence-electron chi connectivity index (χ0n) is 14.6. The SMILES string of the molecule is O=C(N/N=C/c1cccc(O)c1)C1CC(c2cccc3ccccc23)NN1. The summed E-state index contributed by atoms with van der Waals surface area (Å²) < 4.78 is 0. The van der Waals surface area contributed by atoms with Crippen molar-refractivity contribution in [3.05, 3.63) is 77.9 Å². The lowest BCUT2D eigenvalue weighted by Crippen LogP contribution is -2.41. The van der Waals surface area contributed by atoms with Crippen LogP contribution in [-0.4, -0.2) is 23.3 Å². The Bertz CT molecular complexity index is 997. The first-order chi connectivity index (χ1) is 13.2. The van der Waals surface area contributed by atoms with Gasteiger partial charge in [-0.05, 0) is 40.5 Å². The number of hydrogen-bond donors (Lipinski definition) is 4. The van der Waals surface area contributed by atoms with E-state index in [1.165, 1.54) is 22.6 Å². The molecular formula is C21H20N4O2. The van der Waals surface area contributed by atoms with Crippen LogP contribution in [0.15, 0.2) is 71.8 Å². The van der Waals surface area contributed by atoms with E-state index in [0.29, 0.717) is 12.0 Å². The molecule has 0 bridgehead atoms. The molecule has 2 unspecified atom stereocenters. The molecule has 1 amide bonds. The molecule has 4 rings (SSSR count). The Kier molecular flexibility index (Phi) is 4.82. The predicted octanol–water partition coefficient (Wildman–Crippen LogP) is 2.60. The third-order valence-corrected chi connectivity index (χ3v) is 4.68. The van der Waals surface area contributed by atoms with Crippen molar-refractivity contribution in [3.8, 4) is 5.75 Å². The first-order valence-electron chi connectivity index (χ1n) is 8.81. The Morgan fingerprint density at radius 2 is 1.89 bits per heavy atom. The van der Waals surface area contributed by atoms with Crippen LogP contribution in [0.1, 0.15) is 23.6 Å². The van der Waals surface area contributed by atoms with Crippen molar-refractivity contribution in [2.24, 2.45) is 5.10 Å². The monoisotopic (exact) mass is 360 g/mol. The van der Waals surface area contributed by atoms with Crippen LogP contribution in [0.5, 0.6) is 5.75 Å². The van der Waals surface area contributed by atoms with Crippen molar-refractivity contribution >= 4 is 22.9 Å². The van der Waals surface area contributed by atoms with Crippen LogP contribution >= 0.6 is 0 Å². The van der Waals surface area contributed by atoms with Crippen LogP contribution in [0, 0.1) is 0 Å². The van der Waals surface area contributed by atoms with Crippen LogP contribution < -0.4 is 16.3 Å². The van der Waals surface area contributed by atoms with Gasteiger partial charge < -0.3 is 5.11 Å². The molecule has 3 aromatic rings. The van der Waals surface area contributed by atoms with Gasteiger partial charge in [0, 0.05) is 6.04 Å². The van der Waals surface area contributed by atoms with Crippen molar-refractivity contribution in [2.75, 3.05) is 0 Å². The summed E-state index contributed by atoms with van der Waals surface area (Å²) in [5.74, 6) is -0.0495. The number of hydrazine groups is 1. The summed E-state index contributed by atoms with van der Waals surface area (Å²) in [4.78, 5) is 12.4. The molecule has 136 valence electrons. The topological polar surface area (TPSA) is 85.8 Å². The molecule has 1 aliphatic heterocycles. The molecule has 6 heteroatoms. The lowest BCUT2D eigenvalue weighted by Gasteiger charge is -2.13. The Hall–Kier alpha value is -3.22. The summed E-state index contributed by atoms with van der Waals surface area (Å²) >= 11 is 0. The average molecular weight is 360 g/mol. The highest BCUT2D eigenvalue weighted by molar-refractivity contribution is 5.87. The van der Waals surface area contributed by atoms with Gasteiger partial charge in [0.05, 0.1) is 6.21 Å². The number of carbonyl (C=O) groups is 1. The van der Waals surface area contributed by atoms with Crippen LogP contribution in [0.2, 0.25) is 0 Å². The molecule has 0 aliphatic carbocycles. The van der Waals surface area contributed by atoms with Crippen LogP contribution in [-0.2, 0) is 4.79 Å². The molecule has 1 fully saturated rings. The number of nitrogens with zero attached hydrogens (tertiary/aromatic N) is 1. The lowest BCUT2D eigenvalue weighted by atomic mass is 9.96. The van der Waals surface area contributed by atoms with Gasteiger partial charge in [0.15, 0.2) is 0 Å². The first-order valence-corrected chi connectivity index (χ1v) is 8.81. The van der Waals surface area contributed by atoms with Gasteiger partial charge in [-0.1, -0.05) is 54.6 Å². The van der Waals surface area contributed by atoms with Gasteiger partial charge in [-0.15, -0.1) is 0 Å². The van der Waals surface area contributed by atoms with E-state index in [-0.39, 0.29) is 23.7 Å². The quantitative estimate of drug-likeness (QED) is 0.426. The normalized spacial score (nSPS) is 19.6. The fourth-order valence-corrected chi connectivity index (χ4v) is 3.34. The van der Waals surface area contributed by atoms with Crippen LogP contribution in [0.4, 0.5) is 0 Å². The zero-order valence-corrected chi connectivity index (χ0v) is 14.6. The van der Waals surface area contributed by atoms with E-state index in [9.17, 15) is 9.90 Å². The summed E-state index contributed by atoms with van der Waals surface area (Å²) in [7, 11) is 0. The minimum Gasteiger partial charge on any atom is -0.508 e. The van der Waals surface area contributed by atoms with Gasteiger partial charge in [0.2, 0.25) is 0 Å². The molecule has 1 heterocycles. The maximum absolute atomic E-state index is 12.4. The van der Waals surface area contributed by atoms with E-state index in [0.717, 1.165) is 0 Å². The number of phenolic OH excluding ortho intramolecular Hbond substituents is 1. The third-order valence-electron chi connectivity index (χ3n) is 4.68. The second kappa shape index (κ2) is 7.57. The Balaban J connectivity index is 1.41. The number of phenols is 1. The fraction of sp³-hybridized carbons (Fsp3) is 0.143. The standard InChI is InChI=1S/C21H20N4O2/c26-16-8-3-5-14(11-16)13-22-25-21(27)20-12-19(23-24-20)18-10-4-7-15-6-1-2-9-17(15)18/h1-11,13,19-20,23-24,26H,12H2,(H,25,27)/b22-13+. The van der Waals surface area contributed by atoms with Crippen molar-refractivity contribution in [3.63, 3.8) is 0 Å². The number of nitrogens with one attached hydrogen (secondary N) is 3. The van der Waals surface area contributed by atoms with E-state index in [1.54, 1.807) is 24.3 Å². The van der Waals surface area contributed by atoms with Crippen molar-refractivity contribution < 1.29 is 9.90 Å². The van der Waals surface area contributed by atoms with Crippen molar-refractivity contribution in [2.45, 2.75) is 18.5 Å². The molecule has 4 N–H and O–H groups in total. The number of rotatable bonds is 4. The summed E-state index contributed by atoms with van der Waals surface area (Å²) in [6.07, 6.45) is 2.13. The van der Waals surface area contributed by atoms with Crippen molar-refractivity contribution in [1.82, 2.24) is 16.3 Å². The summed E-state index contributed by atoms with van der Waals surface area (Å²) in [5.41, 5.74) is 10.7. The summed E-state index contributed by atoms with van der Waals surface area (Å²) in [6.45, 7) is 0. The molecule has 0 aromatic heterocycles. The molecular weight excluding hydrogens is 340 g/mol. The van der Waals surface area contributed by atoms with Crippen molar-refractivity contribution in [1.29, 1.82) is 0 Å². The first kappa shape index (κ1) is 17.2. The van der Waals surface area contributed by atoms with E-state index >= 15 is 0 Å². The van der Waals surface area contributed by atoms with E-state index < -0.39 is 0 Å². The van der Waals surface area contributed by atoms with Gasteiger partial charge in [-0.2, -0.15) is 5.10 Å². The Labute approximate surface area is 156 Å². The number of hydrazone groups is 1. The Morgan fingerprint density at radius 3 is 2.78 bits per heavy atom. The molecule has 27 heavy (non-hydrogen) atoms. The number of hydrogen-bond acceptors (Lipinski definition) is 5.